The number of carbonyl (C=O) groups is 1. The zero-order chi connectivity index (χ0) is 16.4. The smallest absolute Gasteiger partial charge is 0.292 e. The van der Waals surface area contributed by atoms with Gasteiger partial charge in [-0.05, 0) is 60.1 Å². The van der Waals surface area contributed by atoms with Gasteiger partial charge in [-0.15, -0.1) is 0 Å². The molecule has 1 amide bonds. The van der Waals surface area contributed by atoms with Crippen LogP contribution in [-0.2, 0) is 6.54 Å². The Morgan fingerprint density at radius 3 is 2.78 bits per heavy atom. The molecule has 0 aliphatic carbocycles. The van der Waals surface area contributed by atoms with E-state index in [9.17, 15) is 4.79 Å². The van der Waals surface area contributed by atoms with E-state index >= 15 is 0 Å². The molecule has 0 radical (unpaired) electrons. The quantitative estimate of drug-likeness (QED) is 0.757. The molecule has 0 saturated heterocycles. The van der Waals surface area contributed by atoms with Gasteiger partial charge in [0.15, 0.2) is 5.76 Å². The first-order valence-electron chi connectivity index (χ1n) is 7.04. The summed E-state index contributed by atoms with van der Waals surface area (Å²) in [7, 11) is 0. The summed E-state index contributed by atoms with van der Waals surface area (Å²) in [5.74, 6) is 1.05. The van der Waals surface area contributed by atoms with E-state index in [1.807, 2.05) is 24.6 Å². The number of furan rings is 1. The molecular formula is C16H15BrN4O2. The molecule has 3 rings (SSSR count). The van der Waals surface area contributed by atoms with E-state index in [-0.39, 0.29) is 11.7 Å². The summed E-state index contributed by atoms with van der Waals surface area (Å²) in [5, 5.41) is 7.07. The number of nitrogens with one attached hydrogen (secondary N) is 1. The number of aryl methyl sites for hydroxylation is 2. The van der Waals surface area contributed by atoms with Gasteiger partial charge >= 0.3 is 0 Å². The van der Waals surface area contributed by atoms with Crippen molar-refractivity contribution in [3.63, 3.8) is 0 Å². The Kier molecular flexibility index (Phi) is 4.29. The third-order valence-corrected chi connectivity index (χ3v) is 3.73. The Labute approximate surface area is 141 Å². The van der Waals surface area contributed by atoms with Crippen LogP contribution in [0.2, 0.25) is 0 Å². The largest absolute Gasteiger partial charge is 0.454 e. The molecule has 118 valence electrons. The van der Waals surface area contributed by atoms with Crippen LogP contribution in [0.25, 0.3) is 0 Å². The van der Waals surface area contributed by atoms with E-state index in [4.69, 9.17) is 4.42 Å². The second-order valence-electron chi connectivity index (χ2n) is 5.17. The van der Waals surface area contributed by atoms with Crippen LogP contribution >= 0.6 is 15.9 Å². The predicted octanol–water partition coefficient (Wildman–Crippen LogP) is 3.55. The molecule has 3 aromatic heterocycles. The maximum Gasteiger partial charge on any atom is 0.292 e. The van der Waals surface area contributed by atoms with Crippen molar-refractivity contribution in [2.45, 2.75) is 20.4 Å². The highest BCUT2D eigenvalue weighted by molar-refractivity contribution is 9.10. The minimum atomic E-state index is -0.334. The summed E-state index contributed by atoms with van der Waals surface area (Å²) >= 11 is 3.30. The molecule has 7 heteroatoms. The fourth-order valence-corrected chi connectivity index (χ4v) is 2.43. The highest BCUT2D eigenvalue weighted by Crippen LogP contribution is 2.14. The predicted molar refractivity (Wildman–Crippen MR) is 89.4 cm³/mol. The zero-order valence-electron chi connectivity index (χ0n) is 12.7. The molecule has 0 aliphatic rings. The van der Waals surface area contributed by atoms with Crippen LogP contribution in [0, 0.1) is 13.8 Å². The number of amides is 1. The van der Waals surface area contributed by atoms with Crippen molar-refractivity contribution in [2.24, 2.45) is 0 Å². The van der Waals surface area contributed by atoms with Crippen LogP contribution in [0.1, 0.15) is 27.7 Å². The lowest BCUT2D eigenvalue weighted by atomic mass is 10.4. The lowest BCUT2D eigenvalue weighted by Crippen LogP contribution is -2.12. The molecule has 0 bridgehead atoms. The lowest BCUT2D eigenvalue weighted by Gasteiger charge is -2.03. The van der Waals surface area contributed by atoms with Gasteiger partial charge in [-0.1, -0.05) is 0 Å². The van der Waals surface area contributed by atoms with E-state index in [0.717, 1.165) is 15.9 Å². The van der Waals surface area contributed by atoms with Crippen molar-refractivity contribution in [2.75, 3.05) is 5.32 Å². The van der Waals surface area contributed by atoms with Gasteiger partial charge in [0, 0.05) is 16.4 Å². The number of carbonyl (C=O) groups excluding carboxylic acids is 1. The van der Waals surface area contributed by atoms with Crippen LogP contribution in [0.4, 0.5) is 5.82 Å². The first-order valence-corrected chi connectivity index (χ1v) is 7.83. The number of pyridine rings is 1. The molecule has 6 nitrogen and oxygen atoms in total. The molecule has 1 N–H and O–H groups in total. The Hall–Kier alpha value is -2.41. The van der Waals surface area contributed by atoms with Crippen LogP contribution in [0.3, 0.4) is 0 Å². The second-order valence-corrected chi connectivity index (χ2v) is 6.08. The van der Waals surface area contributed by atoms with Crippen LogP contribution in [-0.4, -0.2) is 20.7 Å². The molecular weight excluding hydrogens is 360 g/mol. The third-order valence-electron chi connectivity index (χ3n) is 3.26. The fourth-order valence-electron chi connectivity index (χ4n) is 2.20. The van der Waals surface area contributed by atoms with Crippen LogP contribution in [0.5, 0.6) is 0 Å². The van der Waals surface area contributed by atoms with Gasteiger partial charge in [-0.25, -0.2) is 4.98 Å². The Morgan fingerprint density at radius 1 is 1.30 bits per heavy atom. The number of aromatic nitrogens is 3. The molecule has 0 spiro atoms. The zero-order valence-corrected chi connectivity index (χ0v) is 14.3. The summed E-state index contributed by atoms with van der Waals surface area (Å²) < 4.78 is 8.29. The lowest BCUT2D eigenvalue weighted by molar-refractivity contribution is 0.0994. The summed E-state index contributed by atoms with van der Waals surface area (Å²) in [6.45, 7) is 4.41. The molecule has 0 atom stereocenters. The molecule has 0 aliphatic heterocycles. The van der Waals surface area contributed by atoms with Crippen molar-refractivity contribution in [3.8, 4) is 0 Å². The van der Waals surface area contributed by atoms with Crippen molar-refractivity contribution >= 4 is 27.7 Å². The van der Waals surface area contributed by atoms with E-state index in [2.05, 4.69) is 31.3 Å². The van der Waals surface area contributed by atoms with E-state index in [1.54, 1.807) is 30.5 Å². The number of anilines is 1. The van der Waals surface area contributed by atoms with E-state index < -0.39 is 0 Å². The first kappa shape index (κ1) is 15.5. The number of halogens is 1. The Balaban J connectivity index is 1.69. The summed E-state index contributed by atoms with van der Waals surface area (Å²) in [4.78, 5) is 16.3. The molecule has 3 heterocycles. The topological polar surface area (TPSA) is 73.0 Å². The maximum absolute atomic E-state index is 12.2. The number of hydrogen-bond acceptors (Lipinski definition) is 4. The third kappa shape index (κ3) is 3.68. The van der Waals surface area contributed by atoms with Gasteiger partial charge in [0.1, 0.15) is 11.6 Å². The second kappa shape index (κ2) is 6.37. The summed E-state index contributed by atoms with van der Waals surface area (Å²) in [6, 6.07) is 8.94. The average Bonchev–Trinajstić information content (AvgIpc) is 3.09. The van der Waals surface area contributed by atoms with Gasteiger partial charge in [0.25, 0.3) is 5.91 Å². The molecule has 0 unspecified atom stereocenters. The minimum absolute atomic E-state index is 0.242. The SMILES string of the molecule is Cc1cc(C)n(Cc2ccc(C(=O)Nc3ccc(Br)cn3)o2)n1. The van der Waals surface area contributed by atoms with E-state index in [1.165, 1.54) is 0 Å². The summed E-state index contributed by atoms with van der Waals surface area (Å²) in [6.07, 6.45) is 1.62. The summed E-state index contributed by atoms with van der Waals surface area (Å²) in [5.41, 5.74) is 2.00. The minimum Gasteiger partial charge on any atom is -0.454 e. The normalized spacial score (nSPS) is 10.7. The van der Waals surface area contributed by atoms with Gasteiger partial charge in [0.2, 0.25) is 0 Å². The van der Waals surface area contributed by atoms with Crippen molar-refractivity contribution < 1.29 is 9.21 Å². The average molecular weight is 375 g/mol. The monoisotopic (exact) mass is 374 g/mol. The van der Waals surface area contributed by atoms with Crippen molar-refractivity contribution in [3.05, 3.63) is 63.9 Å². The molecule has 0 saturated carbocycles. The number of hydrogen-bond donors (Lipinski definition) is 1. The van der Waals surface area contributed by atoms with Crippen molar-refractivity contribution in [1.29, 1.82) is 0 Å². The van der Waals surface area contributed by atoms with Gasteiger partial charge in [0.05, 0.1) is 12.2 Å². The fraction of sp³-hybridized carbons (Fsp3) is 0.188. The van der Waals surface area contributed by atoms with Gasteiger partial charge in [-0.2, -0.15) is 5.10 Å². The Morgan fingerprint density at radius 2 is 2.13 bits per heavy atom. The number of nitrogens with zero attached hydrogens (tertiary/aromatic N) is 3. The molecule has 3 aromatic rings. The number of rotatable bonds is 4. The highest BCUT2D eigenvalue weighted by atomic mass is 79.9. The molecule has 0 aromatic carbocycles. The molecule has 0 fully saturated rings. The van der Waals surface area contributed by atoms with Crippen LogP contribution in [0.15, 0.2) is 45.4 Å². The maximum atomic E-state index is 12.2. The van der Waals surface area contributed by atoms with Gasteiger partial charge < -0.3 is 9.73 Å². The molecule has 23 heavy (non-hydrogen) atoms. The van der Waals surface area contributed by atoms with E-state index in [0.29, 0.717) is 18.1 Å². The van der Waals surface area contributed by atoms with Crippen LogP contribution < -0.4 is 5.32 Å². The first-order chi connectivity index (χ1) is 11.0. The standard InChI is InChI=1S/C16H15BrN4O2/c1-10-7-11(2)21(20-10)9-13-4-5-14(23-13)16(22)19-15-6-3-12(17)8-18-15/h3-8H,9H2,1-2H3,(H,18,19,22). The highest BCUT2D eigenvalue weighted by Gasteiger charge is 2.13. The van der Waals surface area contributed by atoms with Gasteiger partial charge in [-0.3, -0.25) is 9.48 Å². The Bertz CT molecular complexity index is 836. The van der Waals surface area contributed by atoms with Crippen molar-refractivity contribution in [1.82, 2.24) is 14.8 Å².